The van der Waals surface area contributed by atoms with E-state index in [1.807, 2.05) is 76.2 Å². The van der Waals surface area contributed by atoms with Gasteiger partial charge in [-0.05, 0) is 90.3 Å². The topological polar surface area (TPSA) is 87.7 Å². The average molecular weight is 594 g/mol. The molecular weight excluding hydrogens is 538 g/mol. The van der Waals surface area contributed by atoms with E-state index in [9.17, 15) is 14.4 Å². The first-order valence-corrected chi connectivity index (χ1v) is 15.9. The van der Waals surface area contributed by atoms with E-state index in [4.69, 9.17) is 4.74 Å². The van der Waals surface area contributed by atoms with Crippen LogP contribution in [0, 0.1) is 19.8 Å². The number of benzene rings is 2. The van der Waals surface area contributed by atoms with Crippen LogP contribution in [0.5, 0.6) is 0 Å². The van der Waals surface area contributed by atoms with E-state index in [2.05, 4.69) is 31.4 Å². The van der Waals surface area contributed by atoms with Gasteiger partial charge in [-0.3, -0.25) is 9.59 Å². The minimum atomic E-state index is -0.937. The summed E-state index contributed by atoms with van der Waals surface area (Å²) >= 11 is 0. The molecule has 0 saturated carbocycles. The fourth-order valence-corrected chi connectivity index (χ4v) is 5.37. The molecule has 7 heteroatoms. The van der Waals surface area contributed by atoms with Gasteiger partial charge in [0.2, 0.25) is 11.8 Å². The number of amides is 3. The lowest BCUT2D eigenvalue weighted by molar-refractivity contribution is -0.145. The number of alkyl carbamates (subject to hydrolysis) is 1. The van der Waals surface area contributed by atoms with Gasteiger partial charge < -0.3 is 20.3 Å². The highest BCUT2D eigenvalue weighted by Crippen LogP contribution is 2.31. The van der Waals surface area contributed by atoms with Gasteiger partial charge in [-0.2, -0.15) is 0 Å². The molecule has 0 saturated heterocycles. The molecule has 0 aliphatic heterocycles. The molecule has 0 aliphatic rings. The number of ether oxygens (including phenoxy) is 1. The first-order valence-electron chi connectivity index (χ1n) is 15.9. The summed E-state index contributed by atoms with van der Waals surface area (Å²) in [5.41, 5.74) is 2.98. The summed E-state index contributed by atoms with van der Waals surface area (Å²) in [4.78, 5) is 43.8. The largest absolute Gasteiger partial charge is 0.444 e. The second-order valence-corrected chi connectivity index (χ2v) is 13.4. The van der Waals surface area contributed by atoms with E-state index in [0.717, 1.165) is 41.5 Å². The second-order valence-electron chi connectivity index (χ2n) is 13.4. The van der Waals surface area contributed by atoms with Crippen molar-refractivity contribution in [2.24, 2.45) is 5.92 Å². The van der Waals surface area contributed by atoms with Gasteiger partial charge in [0.25, 0.3) is 0 Å². The van der Waals surface area contributed by atoms with Crippen molar-refractivity contribution in [3.63, 3.8) is 0 Å². The standard InChI is InChI=1S/C36H55N3O4/c1-11-15-27(6)37-33(40)32(30-21-19-25(4)22-26(30)5)39(28(7)20-18-24(2)3)34(41)31(23-29-16-13-12-14-17-29)38-35(42)43-36(8,9)10/h12-14,16-17,19,21-22,24,27-28,31-32H,11,15,18,20,23H2,1-10H3,(H,37,40)(H,38,42). The van der Waals surface area contributed by atoms with Crippen LogP contribution in [-0.4, -0.2) is 46.5 Å². The lowest BCUT2D eigenvalue weighted by atomic mass is 9.93. The maximum atomic E-state index is 14.8. The molecule has 0 spiro atoms. The van der Waals surface area contributed by atoms with Crippen LogP contribution in [0.2, 0.25) is 0 Å². The van der Waals surface area contributed by atoms with Gasteiger partial charge >= 0.3 is 6.09 Å². The van der Waals surface area contributed by atoms with E-state index >= 15 is 0 Å². The number of carbonyl (C=O) groups excluding carboxylic acids is 3. The number of nitrogens with one attached hydrogen (secondary N) is 2. The number of carbonyl (C=O) groups is 3. The van der Waals surface area contributed by atoms with Crippen molar-refractivity contribution in [1.82, 2.24) is 15.5 Å². The summed E-state index contributed by atoms with van der Waals surface area (Å²) in [5.74, 6) is -0.0972. The molecule has 0 heterocycles. The normalized spacial score (nSPS) is 14.4. The molecule has 4 atom stereocenters. The summed E-state index contributed by atoms with van der Waals surface area (Å²) in [6, 6.07) is 13.5. The maximum Gasteiger partial charge on any atom is 0.408 e. The van der Waals surface area contributed by atoms with Gasteiger partial charge in [0.1, 0.15) is 17.7 Å². The highest BCUT2D eigenvalue weighted by molar-refractivity contribution is 5.93. The van der Waals surface area contributed by atoms with Gasteiger partial charge in [-0.25, -0.2) is 4.79 Å². The Bertz CT molecular complexity index is 1190. The van der Waals surface area contributed by atoms with Crippen molar-refractivity contribution < 1.29 is 19.1 Å². The van der Waals surface area contributed by atoms with Crippen molar-refractivity contribution in [2.45, 2.75) is 131 Å². The second kappa shape index (κ2) is 16.5. The molecule has 2 aromatic rings. The summed E-state index contributed by atoms with van der Waals surface area (Å²) < 4.78 is 5.58. The number of rotatable bonds is 14. The van der Waals surface area contributed by atoms with Gasteiger partial charge in [-0.1, -0.05) is 81.3 Å². The smallest absolute Gasteiger partial charge is 0.408 e. The quantitative estimate of drug-likeness (QED) is 0.238. The molecule has 0 radical (unpaired) electrons. The third kappa shape index (κ3) is 11.7. The van der Waals surface area contributed by atoms with Gasteiger partial charge in [0, 0.05) is 18.5 Å². The Morgan fingerprint density at radius 2 is 1.53 bits per heavy atom. The van der Waals surface area contributed by atoms with E-state index < -0.39 is 23.8 Å². The summed E-state index contributed by atoms with van der Waals surface area (Å²) in [5, 5.41) is 6.06. The third-order valence-corrected chi connectivity index (χ3v) is 7.52. The molecule has 238 valence electrons. The van der Waals surface area contributed by atoms with E-state index in [-0.39, 0.29) is 30.3 Å². The van der Waals surface area contributed by atoms with E-state index in [0.29, 0.717) is 12.3 Å². The summed E-state index contributed by atoms with van der Waals surface area (Å²) in [6.45, 7) is 19.8. The van der Waals surface area contributed by atoms with Crippen molar-refractivity contribution >= 4 is 17.9 Å². The third-order valence-electron chi connectivity index (χ3n) is 7.52. The van der Waals surface area contributed by atoms with Crippen LogP contribution in [0.3, 0.4) is 0 Å². The molecule has 3 amide bonds. The molecule has 7 nitrogen and oxygen atoms in total. The summed E-state index contributed by atoms with van der Waals surface area (Å²) in [7, 11) is 0. The van der Waals surface area contributed by atoms with E-state index in [1.54, 1.807) is 25.7 Å². The maximum absolute atomic E-state index is 14.8. The minimum Gasteiger partial charge on any atom is -0.444 e. The van der Waals surface area contributed by atoms with Crippen LogP contribution in [-0.2, 0) is 20.7 Å². The zero-order valence-electron chi connectivity index (χ0n) is 28.1. The van der Waals surface area contributed by atoms with Crippen LogP contribution in [0.1, 0.15) is 109 Å². The Kier molecular flexibility index (Phi) is 13.7. The van der Waals surface area contributed by atoms with Crippen molar-refractivity contribution in [3.8, 4) is 0 Å². The van der Waals surface area contributed by atoms with Gasteiger partial charge in [0.05, 0.1) is 0 Å². The zero-order chi connectivity index (χ0) is 32.3. The first kappa shape index (κ1) is 35.8. The fraction of sp³-hybridized carbons (Fsp3) is 0.583. The number of hydrogen-bond acceptors (Lipinski definition) is 4. The van der Waals surface area contributed by atoms with Gasteiger partial charge in [-0.15, -0.1) is 0 Å². The fourth-order valence-electron chi connectivity index (χ4n) is 5.37. The molecule has 0 bridgehead atoms. The average Bonchev–Trinajstić information content (AvgIpc) is 2.89. The number of nitrogens with zero attached hydrogens (tertiary/aromatic N) is 1. The highest BCUT2D eigenvalue weighted by Gasteiger charge is 2.39. The number of aryl methyl sites for hydroxylation is 2. The molecule has 43 heavy (non-hydrogen) atoms. The van der Waals surface area contributed by atoms with Crippen molar-refractivity contribution in [1.29, 1.82) is 0 Å². The summed E-state index contributed by atoms with van der Waals surface area (Å²) in [6.07, 6.45) is 2.97. The number of hydrogen-bond donors (Lipinski definition) is 2. The van der Waals surface area contributed by atoms with Crippen LogP contribution in [0.15, 0.2) is 48.5 Å². The molecular formula is C36H55N3O4. The SMILES string of the molecule is CCCC(C)NC(=O)C(c1ccc(C)cc1C)N(C(=O)C(Cc1ccccc1)NC(=O)OC(C)(C)C)C(C)CCC(C)C. The van der Waals surface area contributed by atoms with Crippen molar-refractivity contribution in [2.75, 3.05) is 0 Å². The minimum absolute atomic E-state index is 0.0475. The Hall–Kier alpha value is -3.35. The van der Waals surface area contributed by atoms with Crippen molar-refractivity contribution in [3.05, 3.63) is 70.8 Å². The first-order chi connectivity index (χ1) is 20.1. The molecule has 0 aliphatic carbocycles. The molecule has 2 rings (SSSR count). The molecule has 2 N–H and O–H groups in total. The van der Waals surface area contributed by atoms with Crippen LogP contribution >= 0.6 is 0 Å². The molecule has 0 aromatic heterocycles. The zero-order valence-corrected chi connectivity index (χ0v) is 28.1. The Morgan fingerprint density at radius 1 is 0.884 bits per heavy atom. The molecule has 2 aromatic carbocycles. The Labute approximate surface area is 260 Å². The lowest BCUT2D eigenvalue weighted by Gasteiger charge is -2.39. The Balaban J connectivity index is 2.69. The van der Waals surface area contributed by atoms with E-state index in [1.165, 1.54) is 0 Å². The molecule has 0 fully saturated rings. The van der Waals surface area contributed by atoms with Crippen LogP contribution < -0.4 is 10.6 Å². The Morgan fingerprint density at radius 3 is 2.09 bits per heavy atom. The van der Waals surface area contributed by atoms with Crippen LogP contribution in [0.4, 0.5) is 4.79 Å². The predicted octanol–water partition coefficient (Wildman–Crippen LogP) is 7.44. The van der Waals surface area contributed by atoms with Gasteiger partial charge in [0.15, 0.2) is 0 Å². The predicted molar refractivity (Wildman–Crippen MR) is 175 cm³/mol. The lowest BCUT2D eigenvalue weighted by Crippen LogP contribution is -2.56. The highest BCUT2D eigenvalue weighted by atomic mass is 16.6. The monoisotopic (exact) mass is 593 g/mol. The molecule has 4 unspecified atom stereocenters. The van der Waals surface area contributed by atoms with Crippen LogP contribution in [0.25, 0.3) is 0 Å².